The fourth-order valence-corrected chi connectivity index (χ4v) is 4.19. The molecule has 160 valence electrons. The van der Waals surface area contributed by atoms with E-state index in [0.717, 1.165) is 11.1 Å². The van der Waals surface area contributed by atoms with Crippen LogP contribution < -0.4 is 9.80 Å². The molecule has 1 aliphatic heterocycles. The Bertz CT molecular complexity index is 1200. The number of hydrogen-bond donors (Lipinski definition) is 0. The van der Waals surface area contributed by atoms with Gasteiger partial charge in [-0.3, -0.25) is 19.4 Å². The van der Waals surface area contributed by atoms with E-state index in [1.165, 1.54) is 15.9 Å². The minimum atomic E-state index is -0.516. The molecule has 1 saturated heterocycles. The van der Waals surface area contributed by atoms with Crippen molar-refractivity contribution in [2.24, 2.45) is 0 Å². The van der Waals surface area contributed by atoms with Crippen molar-refractivity contribution in [3.63, 3.8) is 0 Å². The standard InChI is InChI=1S/C25H18Cl2N2O2S/c1-15-3-9-19(10-4-15)28-23(30)21(13-17-7-8-18(26)14-22(17)27)24(31)29(25(28)32)20-11-5-16(2)6-12-20/h3-14H,1-2H3. The number of hydrogen-bond acceptors (Lipinski definition) is 3. The number of carbonyl (C=O) groups excluding carboxylic acids is 2. The van der Waals surface area contributed by atoms with Crippen LogP contribution in [0.25, 0.3) is 6.08 Å². The predicted molar refractivity (Wildman–Crippen MR) is 134 cm³/mol. The van der Waals surface area contributed by atoms with Crippen LogP contribution in [-0.2, 0) is 9.59 Å². The van der Waals surface area contributed by atoms with Crippen molar-refractivity contribution in [2.75, 3.05) is 9.80 Å². The first kappa shape index (κ1) is 22.2. The van der Waals surface area contributed by atoms with Gasteiger partial charge in [-0.1, -0.05) is 64.7 Å². The summed E-state index contributed by atoms with van der Waals surface area (Å²) in [5.74, 6) is -1.03. The van der Waals surface area contributed by atoms with Gasteiger partial charge in [0.25, 0.3) is 11.8 Å². The van der Waals surface area contributed by atoms with E-state index in [0.29, 0.717) is 27.0 Å². The van der Waals surface area contributed by atoms with E-state index in [-0.39, 0.29) is 10.7 Å². The number of carbonyl (C=O) groups is 2. The minimum Gasteiger partial charge on any atom is -0.268 e. The second-order valence-corrected chi connectivity index (χ2v) is 8.67. The topological polar surface area (TPSA) is 40.6 Å². The third-order valence-electron chi connectivity index (χ3n) is 5.10. The number of anilines is 2. The lowest BCUT2D eigenvalue weighted by atomic mass is 10.0. The predicted octanol–water partition coefficient (Wildman–Crippen LogP) is 6.36. The maximum atomic E-state index is 13.5. The van der Waals surface area contributed by atoms with Gasteiger partial charge in [-0.25, -0.2) is 0 Å². The van der Waals surface area contributed by atoms with E-state index in [1.54, 1.807) is 42.5 Å². The molecule has 0 radical (unpaired) electrons. The molecule has 0 unspecified atom stereocenters. The SMILES string of the molecule is Cc1ccc(N2C(=O)C(=Cc3ccc(Cl)cc3Cl)C(=O)N(c3ccc(C)cc3)C2=S)cc1. The summed E-state index contributed by atoms with van der Waals surface area (Å²) in [6.07, 6.45) is 1.48. The Morgan fingerprint density at radius 3 is 1.66 bits per heavy atom. The molecule has 0 N–H and O–H groups in total. The largest absolute Gasteiger partial charge is 0.270 e. The van der Waals surface area contributed by atoms with Crippen LogP contribution in [0.2, 0.25) is 10.0 Å². The number of thiocarbonyl (C=S) groups is 1. The third kappa shape index (κ3) is 4.19. The molecule has 0 aromatic heterocycles. The van der Waals surface area contributed by atoms with Gasteiger partial charge >= 0.3 is 0 Å². The van der Waals surface area contributed by atoms with Crippen molar-refractivity contribution >= 4 is 69.8 Å². The summed E-state index contributed by atoms with van der Waals surface area (Å²) in [7, 11) is 0. The van der Waals surface area contributed by atoms with Crippen molar-refractivity contribution in [1.29, 1.82) is 0 Å². The zero-order chi connectivity index (χ0) is 23.0. The highest BCUT2D eigenvalue weighted by Crippen LogP contribution is 2.31. The van der Waals surface area contributed by atoms with E-state index >= 15 is 0 Å². The highest BCUT2D eigenvalue weighted by atomic mass is 35.5. The highest BCUT2D eigenvalue weighted by molar-refractivity contribution is 7.81. The molecule has 4 nitrogen and oxygen atoms in total. The molecular weight excluding hydrogens is 463 g/mol. The summed E-state index contributed by atoms with van der Waals surface area (Å²) in [6, 6.07) is 19.6. The van der Waals surface area contributed by atoms with E-state index in [4.69, 9.17) is 35.4 Å². The van der Waals surface area contributed by atoms with Crippen LogP contribution in [0.5, 0.6) is 0 Å². The summed E-state index contributed by atoms with van der Waals surface area (Å²) in [5.41, 5.74) is 3.68. The van der Waals surface area contributed by atoms with Gasteiger partial charge in [-0.2, -0.15) is 0 Å². The second kappa shape index (κ2) is 8.87. The quantitative estimate of drug-likeness (QED) is 0.248. The molecule has 0 saturated carbocycles. The fraction of sp³-hybridized carbons (Fsp3) is 0.0800. The van der Waals surface area contributed by atoms with E-state index in [9.17, 15) is 9.59 Å². The molecule has 1 heterocycles. The van der Waals surface area contributed by atoms with Crippen molar-refractivity contribution in [3.8, 4) is 0 Å². The van der Waals surface area contributed by atoms with Gasteiger partial charge in [-0.15, -0.1) is 0 Å². The van der Waals surface area contributed by atoms with Gasteiger partial charge in [0, 0.05) is 10.0 Å². The van der Waals surface area contributed by atoms with Crippen molar-refractivity contribution in [1.82, 2.24) is 0 Å². The Kier molecular flexibility index (Phi) is 6.15. The zero-order valence-corrected chi connectivity index (χ0v) is 19.6. The summed E-state index contributed by atoms with van der Waals surface area (Å²) in [5, 5.41) is 0.886. The Morgan fingerprint density at radius 2 is 1.22 bits per heavy atom. The third-order valence-corrected chi connectivity index (χ3v) is 6.02. The average Bonchev–Trinajstić information content (AvgIpc) is 2.75. The molecule has 0 bridgehead atoms. The Labute approximate surface area is 201 Å². The van der Waals surface area contributed by atoms with Gasteiger partial charge < -0.3 is 0 Å². The van der Waals surface area contributed by atoms with Crippen LogP contribution in [0.1, 0.15) is 16.7 Å². The lowest BCUT2D eigenvalue weighted by molar-refractivity contribution is -0.120. The summed E-state index contributed by atoms with van der Waals surface area (Å²) < 4.78 is 0. The summed E-state index contributed by atoms with van der Waals surface area (Å²) >= 11 is 17.9. The van der Waals surface area contributed by atoms with Crippen molar-refractivity contribution in [2.45, 2.75) is 13.8 Å². The van der Waals surface area contributed by atoms with Gasteiger partial charge in [0.1, 0.15) is 5.57 Å². The molecule has 3 aromatic carbocycles. The van der Waals surface area contributed by atoms with Gasteiger partial charge in [0.2, 0.25) is 0 Å². The number of rotatable bonds is 3. The first-order chi connectivity index (χ1) is 15.3. The van der Waals surface area contributed by atoms with E-state index in [1.807, 2.05) is 38.1 Å². The lowest BCUT2D eigenvalue weighted by Gasteiger charge is -2.36. The number of benzene rings is 3. The number of aryl methyl sites for hydroxylation is 2. The molecule has 7 heteroatoms. The summed E-state index contributed by atoms with van der Waals surface area (Å²) in [4.78, 5) is 29.7. The zero-order valence-electron chi connectivity index (χ0n) is 17.3. The molecule has 0 aliphatic carbocycles. The van der Waals surface area contributed by atoms with Crippen LogP contribution in [0.3, 0.4) is 0 Å². The van der Waals surface area contributed by atoms with Crippen molar-refractivity contribution in [3.05, 3.63) is 99.0 Å². The van der Waals surface area contributed by atoms with Gasteiger partial charge in [0.05, 0.1) is 11.4 Å². The summed E-state index contributed by atoms with van der Waals surface area (Å²) in [6.45, 7) is 3.91. The number of halogens is 2. The molecule has 1 aliphatic rings. The van der Waals surface area contributed by atoms with Gasteiger partial charge in [-0.05, 0) is 74.1 Å². The maximum Gasteiger partial charge on any atom is 0.270 e. The molecule has 0 atom stereocenters. The van der Waals surface area contributed by atoms with Crippen LogP contribution in [0.4, 0.5) is 11.4 Å². The Hall–Kier alpha value is -2.99. The Morgan fingerprint density at radius 1 is 0.750 bits per heavy atom. The van der Waals surface area contributed by atoms with Crippen LogP contribution in [0.15, 0.2) is 72.3 Å². The molecule has 0 spiro atoms. The lowest BCUT2D eigenvalue weighted by Crippen LogP contribution is -2.56. The van der Waals surface area contributed by atoms with Crippen molar-refractivity contribution < 1.29 is 9.59 Å². The maximum absolute atomic E-state index is 13.5. The monoisotopic (exact) mass is 480 g/mol. The molecule has 2 amide bonds. The highest BCUT2D eigenvalue weighted by Gasteiger charge is 2.41. The first-order valence-electron chi connectivity index (χ1n) is 9.79. The minimum absolute atomic E-state index is 0.0519. The van der Waals surface area contributed by atoms with Crippen LogP contribution >= 0.6 is 35.4 Å². The smallest absolute Gasteiger partial charge is 0.268 e. The fourth-order valence-electron chi connectivity index (χ4n) is 3.35. The Balaban J connectivity index is 1.88. The van der Waals surface area contributed by atoms with Crippen LogP contribution in [0, 0.1) is 13.8 Å². The molecule has 1 fully saturated rings. The first-order valence-corrected chi connectivity index (χ1v) is 11.0. The average molecular weight is 481 g/mol. The van der Waals surface area contributed by atoms with E-state index in [2.05, 4.69) is 0 Å². The molecular formula is C25H18Cl2N2O2S. The molecule has 32 heavy (non-hydrogen) atoms. The normalized spacial score (nSPS) is 14.2. The van der Waals surface area contributed by atoms with E-state index < -0.39 is 11.8 Å². The second-order valence-electron chi connectivity index (χ2n) is 7.46. The molecule has 4 rings (SSSR count). The number of amides is 2. The van der Waals surface area contributed by atoms with Gasteiger partial charge in [0.15, 0.2) is 5.11 Å². The number of nitrogens with zero attached hydrogens (tertiary/aromatic N) is 2. The molecule has 3 aromatic rings. The van der Waals surface area contributed by atoms with Crippen LogP contribution in [-0.4, -0.2) is 16.9 Å².